The van der Waals surface area contributed by atoms with Crippen molar-refractivity contribution in [3.05, 3.63) is 0 Å². The van der Waals surface area contributed by atoms with E-state index < -0.39 is 0 Å². The molecule has 1 amide bonds. The molecule has 0 aromatic rings. The van der Waals surface area contributed by atoms with Crippen LogP contribution in [0.4, 0.5) is 0 Å². The van der Waals surface area contributed by atoms with Crippen LogP contribution in [-0.2, 0) is 4.79 Å². The van der Waals surface area contributed by atoms with Gasteiger partial charge in [-0.1, -0.05) is 6.42 Å². The van der Waals surface area contributed by atoms with Gasteiger partial charge in [0.05, 0.1) is 0 Å². The van der Waals surface area contributed by atoms with Gasteiger partial charge in [0.25, 0.3) is 0 Å². The first-order valence-corrected chi connectivity index (χ1v) is 5.99. The van der Waals surface area contributed by atoms with Crippen LogP contribution in [-0.4, -0.2) is 29.5 Å². The topological polar surface area (TPSA) is 58.4 Å². The first-order chi connectivity index (χ1) is 7.16. The van der Waals surface area contributed by atoms with Crippen molar-refractivity contribution in [3.63, 3.8) is 0 Å². The van der Waals surface area contributed by atoms with Gasteiger partial charge in [0.15, 0.2) is 0 Å². The predicted molar refractivity (Wildman–Crippen MR) is 58.9 cm³/mol. The Kier molecular flexibility index (Phi) is 3.26. The minimum absolute atomic E-state index is 0.169. The molecule has 1 aliphatic carbocycles. The highest BCUT2D eigenvalue weighted by atomic mass is 16.2. The maximum atomic E-state index is 11.7. The molecule has 1 heterocycles. The molecule has 2 rings (SSSR count). The molecule has 86 valence electrons. The maximum Gasteiger partial charge on any atom is 0.238 e. The van der Waals surface area contributed by atoms with Crippen LogP contribution in [0.25, 0.3) is 0 Å². The van der Waals surface area contributed by atoms with Crippen LogP contribution in [0.15, 0.2) is 0 Å². The molecule has 0 radical (unpaired) electrons. The van der Waals surface area contributed by atoms with Crippen LogP contribution >= 0.6 is 0 Å². The van der Waals surface area contributed by atoms with E-state index in [9.17, 15) is 4.79 Å². The Hall–Kier alpha value is -0.610. The molecule has 4 heteroatoms. The van der Waals surface area contributed by atoms with Crippen molar-refractivity contribution in [2.75, 3.05) is 6.54 Å². The van der Waals surface area contributed by atoms with Crippen LogP contribution in [0.5, 0.6) is 0 Å². The standard InChI is InChI=1S/C11H21N3O/c1-8(12)5-6-14-11(15)7-10(13-14)9-3-2-4-9/h8-10,13H,2-7,12H2,1H3. The molecule has 0 spiro atoms. The molecule has 1 aliphatic heterocycles. The van der Waals surface area contributed by atoms with Crippen LogP contribution in [0.2, 0.25) is 0 Å². The van der Waals surface area contributed by atoms with Gasteiger partial charge < -0.3 is 5.73 Å². The van der Waals surface area contributed by atoms with Gasteiger partial charge in [-0.05, 0) is 32.1 Å². The molecule has 1 saturated heterocycles. The number of amides is 1. The summed E-state index contributed by atoms with van der Waals surface area (Å²) >= 11 is 0. The lowest BCUT2D eigenvalue weighted by Crippen LogP contribution is -2.43. The van der Waals surface area contributed by atoms with Gasteiger partial charge in [-0.2, -0.15) is 0 Å². The lowest BCUT2D eigenvalue weighted by atomic mass is 9.79. The lowest BCUT2D eigenvalue weighted by molar-refractivity contribution is -0.129. The Morgan fingerprint density at radius 3 is 2.87 bits per heavy atom. The molecule has 0 aromatic heterocycles. The number of hydrogen-bond donors (Lipinski definition) is 2. The first kappa shape index (κ1) is 10.9. The Labute approximate surface area is 91.2 Å². The zero-order valence-electron chi connectivity index (χ0n) is 9.41. The number of carbonyl (C=O) groups is 1. The molecular weight excluding hydrogens is 190 g/mol. The Balaban J connectivity index is 1.78. The van der Waals surface area contributed by atoms with Gasteiger partial charge in [-0.3, -0.25) is 9.80 Å². The van der Waals surface area contributed by atoms with Crippen LogP contribution in [0, 0.1) is 5.92 Å². The monoisotopic (exact) mass is 211 g/mol. The molecule has 0 bridgehead atoms. The average Bonchev–Trinajstić information content (AvgIpc) is 2.40. The summed E-state index contributed by atoms with van der Waals surface area (Å²) in [7, 11) is 0. The number of nitrogens with two attached hydrogens (primary N) is 1. The van der Waals surface area contributed by atoms with E-state index in [0.717, 1.165) is 18.9 Å². The van der Waals surface area contributed by atoms with Crippen molar-refractivity contribution < 1.29 is 4.79 Å². The third-order valence-electron chi connectivity index (χ3n) is 3.54. The number of hydrazine groups is 1. The second-order valence-corrected chi connectivity index (χ2v) is 4.94. The largest absolute Gasteiger partial charge is 0.328 e. The fraction of sp³-hybridized carbons (Fsp3) is 0.909. The minimum atomic E-state index is 0.169. The normalized spacial score (nSPS) is 29.3. The van der Waals surface area contributed by atoms with Crippen molar-refractivity contribution >= 4 is 5.91 Å². The smallest absolute Gasteiger partial charge is 0.238 e. The van der Waals surface area contributed by atoms with E-state index in [0.29, 0.717) is 12.5 Å². The van der Waals surface area contributed by atoms with Crippen molar-refractivity contribution in [1.82, 2.24) is 10.4 Å². The predicted octanol–water partition coefficient (Wildman–Crippen LogP) is 0.629. The van der Waals surface area contributed by atoms with E-state index in [4.69, 9.17) is 5.73 Å². The first-order valence-electron chi connectivity index (χ1n) is 5.99. The highest BCUT2D eigenvalue weighted by molar-refractivity contribution is 5.78. The van der Waals surface area contributed by atoms with Crippen molar-refractivity contribution in [1.29, 1.82) is 0 Å². The molecule has 3 N–H and O–H groups in total. The van der Waals surface area contributed by atoms with Crippen LogP contribution in [0.1, 0.15) is 39.0 Å². The molecular formula is C11H21N3O. The van der Waals surface area contributed by atoms with E-state index in [-0.39, 0.29) is 11.9 Å². The molecule has 15 heavy (non-hydrogen) atoms. The summed E-state index contributed by atoms with van der Waals surface area (Å²) in [5.74, 6) is 0.974. The molecule has 1 saturated carbocycles. The van der Waals surface area contributed by atoms with E-state index in [2.05, 4.69) is 5.43 Å². The number of carbonyl (C=O) groups excluding carboxylic acids is 1. The zero-order valence-corrected chi connectivity index (χ0v) is 9.41. The van der Waals surface area contributed by atoms with Crippen LogP contribution < -0.4 is 11.2 Å². The van der Waals surface area contributed by atoms with Gasteiger partial charge in [-0.15, -0.1) is 0 Å². The second kappa shape index (κ2) is 4.49. The van der Waals surface area contributed by atoms with Gasteiger partial charge in [0.1, 0.15) is 0 Å². The van der Waals surface area contributed by atoms with Crippen molar-refractivity contribution in [2.45, 2.75) is 51.1 Å². The van der Waals surface area contributed by atoms with E-state index >= 15 is 0 Å². The van der Waals surface area contributed by atoms with Gasteiger partial charge >= 0.3 is 0 Å². The Morgan fingerprint density at radius 1 is 1.60 bits per heavy atom. The van der Waals surface area contributed by atoms with Gasteiger partial charge in [0.2, 0.25) is 5.91 Å². The van der Waals surface area contributed by atoms with Gasteiger partial charge in [0, 0.05) is 25.0 Å². The average molecular weight is 211 g/mol. The third-order valence-corrected chi connectivity index (χ3v) is 3.54. The summed E-state index contributed by atoms with van der Waals surface area (Å²) in [6.45, 7) is 2.73. The summed E-state index contributed by atoms with van der Waals surface area (Å²) in [6.07, 6.45) is 5.45. The summed E-state index contributed by atoms with van der Waals surface area (Å²) in [4.78, 5) is 11.7. The molecule has 0 aromatic carbocycles. The Bertz CT molecular complexity index is 238. The molecule has 2 unspecified atom stereocenters. The number of rotatable bonds is 4. The molecule has 4 nitrogen and oxygen atoms in total. The van der Waals surface area contributed by atoms with E-state index in [1.165, 1.54) is 19.3 Å². The zero-order chi connectivity index (χ0) is 10.8. The molecule has 2 aliphatic rings. The summed E-state index contributed by atoms with van der Waals surface area (Å²) in [5, 5.41) is 1.77. The van der Waals surface area contributed by atoms with E-state index in [1.54, 1.807) is 5.01 Å². The summed E-state index contributed by atoms with van der Waals surface area (Å²) in [5.41, 5.74) is 9.01. The quantitative estimate of drug-likeness (QED) is 0.717. The summed E-state index contributed by atoms with van der Waals surface area (Å²) in [6, 6.07) is 0.571. The summed E-state index contributed by atoms with van der Waals surface area (Å²) < 4.78 is 0. The highest BCUT2D eigenvalue weighted by Gasteiger charge is 2.36. The SMILES string of the molecule is CC(N)CCN1NC(C2CCC2)CC1=O. The third kappa shape index (κ3) is 2.49. The Morgan fingerprint density at radius 2 is 2.33 bits per heavy atom. The second-order valence-electron chi connectivity index (χ2n) is 4.94. The van der Waals surface area contributed by atoms with Crippen molar-refractivity contribution in [3.8, 4) is 0 Å². The van der Waals surface area contributed by atoms with Crippen molar-refractivity contribution in [2.24, 2.45) is 11.7 Å². The maximum absolute atomic E-state index is 11.7. The lowest BCUT2D eigenvalue weighted by Gasteiger charge is -2.31. The highest BCUT2D eigenvalue weighted by Crippen LogP contribution is 2.33. The fourth-order valence-corrected chi connectivity index (χ4v) is 2.25. The van der Waals surface area contributed by atoms with Crippen LogP contribution in [0.3, 0.4) is 0 Å². The number of hydrogen-bond acceptors (Lipinski definition) is 3. The molecule has 2 fully saturated rings. The van der Waals surface area contributed by atoms with E-state index in [1.807, 2.05) is 6.92 Å². The fourth-order valence-electron chi connectivity index (χ4n) is 2.25. The number of nitrogens with one attached hydrogen (secondary N) is 1. The van der Waals surface area contributed by atoms with Gasteiger partial charge in [-0.25, -0.2) is 5.43 Å². The minimum Gasteiger partial charge on any atom is -0.328 e. The molecule has 2 atom stereocenters. The number of nitrogens with zero attached hydrogens (tertiary/aromatic N) is 1.